The average Bonchev–Trinajstić information content (AvgIpc) is 2.41. The summed E-state index contributed by atoms with van der Waals surface area (Å²) < 4.78 is 0. The van der Waals surface area contributed by atoms with Crippen molar-refractivity contribution in [3.05, 3.63) is 6.20 Å². The number of hydrogen-bond donors (Lipinski definition) is 2. The van der Waals surface area contributed by atoms with Crippen LogP contribution in [0.1, 0.15) is 51.9 Å². The van der Waals surface area contributed by atoms with Gasteiger partial charge in [-0.1, -0.05) is 32.6 Å². The van der Waals surface area contributed by atoms with Crippen LogP contribution in [0.25, 0.3) is 0 Å². The molecule has 1 aromatic heterocycles. The highest BCUT2D eigenvalue weighted by Gasteiger charge is 2.13. The number of nitrogens with zero attached hydrogens (tertiary/aromatic N) is 3. The van der Waals surface area contributed by atoms with Crippen molar-refractivity contribution < 1.29 is 0 Å². The monoisotopic (exact) mass is 249 g/mol. The maximum Gasteiger partial charge on any atom is 0.244 e. The SMILES string of the molecule is CCCCNc1nncc(NC2CCCCC2)n1. The lowest BCUT2D eigenvalue weighted by atomic mass is 9.96. The summed E-state index contributed by atoms with van der Waals surface area (Å²) in [7, 11) is 0. The zero-order valence-corrected chi connectivity index (χ0v) is 11.2. The smallest absolute Gasteiger partial charge is 0.244 e. The van der Waals surface area contributed by atoms with Crippen LogP contribution in [0, 0.1) is 0 Å². The fourth-order valence-electron chi connectivity index (χ4n) is 2.28. The van der Waals surface area contributed by atoms with E-state index in [1.165, 1.54) is 38.5 Å². The van der Waals surface area contributed by atoms with Gasteiger partial charge in [0, 0.05) is 12.6 Å². The van der Waals surface area contributed by atoms with Gasteiger partial charge < -0.3 is 10.6 Å². The molecule has 0 bridgehead atoms. The molecule has 1 aliphatic carbocycles. The van der Waals surface area contributed by atoms with Crippen molar-refractivity contribution in [1.29, 1.82) is 0 Å². The molecule has 2 N–H and O–H groups in total. The van der Waals surface area contributed by atoms with Gasteiger partial charge in [-0.05, 0) is 19.3 Å². The standard InChI is InChI=1S/C13H23N5/c1-2-3-9-14-13-17-12(10-15-18-13)16-11-7-5-4-6-8-11/h10-11H,2-9H2,1H3,(H2,14,16,17,18). The third-order valence-corrected chi connectivity index (χ3v) is 3.33. The number of unbranched alkanes of at least 4 members (excludes halogenated alkanes) is 1. The van der Waals surface area contributed by atoms with Gasteiger partial charge in [-0.2, -0.15) is 10.1 Å². The Hall–Kier alpha value is -1.39. The minimum absolute atomic E-state index is 0.555. The van der Waals surface area contributed by atoms with Gasteiger partial charge in [0.15, 0.2) is 5.82 Å². The minimum atomic E-state index is 0.555. The fourth-order valence-corrected chi connectivity index (χ4v) is 2.28. The molecule has 18 heavy (non-hydrogen) atoms. The predicted molar refractivity (Wildman–Crippen MR) is 73.7 cm³/mol. The molecule has 1 heterocycles. The summed E-state index contributed by atoms with van der Waals surface area (Å²) in [5, 5.41) is 14.6. The first-order valence-electron chi connectivity index (χ1n) is 7.08. The Kier molecular flexibility index (Phi) is 5.17. The van der Waals surface area contributed by atoms with Crippen LogP contribution in [-0.2, 0) is 0 Å². The highest BCUT2D eigenvalue weighted by atomic mass is 15.3. The molecular formula is C13H23N5. The summed E-state index contributed by atoms with van der Waals surface area (Å²) in [5.41, 5.74) is 0. The summed E-state index contributed by atoms with van der Waals surface area (Å²) in [6.07, 6.45) is 10.5. The molecule has 5 nitrogen and oxygen atoms in total. The number of anilines is 2. The van der Waals surface area contributed by atoms with Crippen LogP contribution < -0.4 is 10.6 Å². The summed E-state index contributed by atoms with van der Waals surface area (Å²) in [6.45, 7) is 3.08. The van der Waals surface area contributed by atoms with Crippen molar-refractivity contribution in [2.75, 3.05) is 17.2 Å². The van der Waals surface area contributed by atoms with E-state index in [2.05, 4.69) is 32.7 Å². The molecule has 100 valence electrons. The second kappa shape index (κ2) is 7.13. The second-order valence-corrected chi connectivity index (χ2v) is 4.92. The van der Waals surface area contributed by atoms with Crippen molar-refractivity contribution in [2.45, 2.75) is 57.9 Å². The van der Waals surface area contributed by atoms with Gasteiger partial charge >= 0.3 is 0 Å². The van der Waals surface area contributed by atoms with Crippen LogP contribution in [0.4, 0.5) is 11.8 Å². The van der Waals surface area contributed by atoms with E-state index in [1.54, 1.807) is 6.20 Å². The fraction of sp³-hybridized carbons (Fsp3) is 0.769. The van der Waals surface area contributed by atoms with Crippen LogP contribution in [0.2, 0.25) is 0 Å². The van der Waals surface area contributed by atoms with Crippen molar-refractivity contribution in [3.63, 3.8) is 0 Å². The first-order chi connectivity index (χ1) is 8.88. The quantitative estimate of drug-likeness (QED) is 0.759. The van der Waals surface area contributed by atoms with Crippen LogP contribution in [0.3, 0.4) is 0 Å². The predicted octanol–water partition coefficient (Wildman–Crippen LogP) is 2.83. The zero-order chi connectivity index (χ0) is 12.6. The van der Waals surface area contributed by atoms with E-state index in [4.69, 9.17) is 0 Å². The Morgan fingerprint density at radius 2 is 2.11 bits per heavy atom. The molecule has 1 fully saturated rings. The largest absolute Gasteiger partial charge is 0.366 e. The molecule has 5 heteroatoms. The number of rotatable bonds is 6. The minimum Gasteiger partial charge on any atom is -0.366 e. The Balaban J connectivity index is 1.85. The van der Waals surface area contributed by atoms with E-state index in [-0.39, 0.29) is 0 Å². The Labute approximate surface area is 109 Å². The van der Waals surface area contributed by atoms with Gasteiger partial charge in [-0.3, -0.25) is 0 Å². The van der Waals surface area contributed by atoms with E-state index in [1.807, 2.05) is 0 Å². The van der Waals surface area contributed by atoms with E-state index in [0.29, 0.717) is 12.0 Å². The van der Waals surface area contributed by atoms with Crippen molar-refractivity contribution >= 4 is 11.8 Å². The lowest BCUT2D eigenvalue weighted by Gasteiger charge is -2.23. The van der Waals surface area contributed by atoms with Crippen LogP contribution in [0.15, 0.2) is 6.20 Å². The van der Waals surface area contributed by atoms with E-state index < -0.39 is 0 Å². The molecule has 0 amide bonds. The molecule has 0 spiro atoms. The normalized spacial score (nSPS) is 16.5. The Morgan fingerprint density at radius 3 is 2.89 bits per heavy atom. The van der Waals surface area contributed by atoms with Gasteiger partial charge in [0.05, 0.1) is 6.20 Å². The van der Waals surface area contributed by atoms with Crippen molar-refractivity contribution in [2.24, 2.45) is 0 Å². The molecular weight excluding hydrogens is 226 g/mol. The molecule has 0 aromatic carbocycles. The van der Waals surface area contributed by atoms with Crippen molar-refractivity contribution in [3.8, 4) is 0 Å². The molecule has 0 atom stereocenters. The van der Waals surface area contributed by atoms with Crippen LogP contribution >= 0.6 is 0 Å². The summed E-state index contributed by atoms with van der Waals surface area (Å²) in [4.78, 5) is 4.44. The number of aromatic nitrogens is 3. The van der Waals surface area contributed by atoms with Gasteiger partial charge in [0.25, 0.3) is 0 Å². The van der Waals surface area contributed by atoms with E-state index in [0.717, 1.165) is 18.8 Å². The maximum absolute atomic E-state index is 4.44. The topological polar surface area (TPSA) is 62.7 Å². The summed E-state index contributed by atoms with van der Waals surface area (Å²) in [5.74, 6) is 1.47. The third kappa shape index (κ3) is 4.13. The molecule has 0 unspecified atom stereocenters. The second-order valence-electron chi connectivity index (χ2n) is 4.92. The molecule has 0 radical (unpaired) electrons. The Bertz CT molecular complexity index is 349. The zero-order valence-electron chi connectivity index (χ0n) is 11.2. The highest BCUT2D eigenvalue weighted by molar-refractivity contribution is 5.37. The summed E-state index contributed by atoms with van der Waals surface area (Å²) >= 11 is 0. The molecule has 2 rings (SSSR count). The summed E-state index contributed by atoms with van der Waals surface area (Å²) in [6, 6.07) is 0.555. The molecule has 1 aromatic rings. The average molecular weight is 249 g/mol. The van der Waals surface area contributed by atoms with Crippen LogP contribution in [0.5, 0.6) is 0 Å². The highest BCUT2D eigenvalue weighted by Crippen LogP contribution is 2.20. The van der Waals surface area contributed by atoms with Gasteiger partial charge in [0.2, 0.25) is 5.95 Å². The van der Waals surface area contributed by atoms with Gasteiger partial charge in [0.1, 0.15) is 0 Å². The molecule has 1 saturated carbocycles. The lowest BCUT2D eigenvalue weighted by Crippen LogP contribution is -2.23. The Morgan fingerprint density at radius 1 is 1.28 bits per heavy atom. The number of nitrogens with one attached hydrogen (secondary N) is 2. The molecule has 0 saturated heterocycles. The van der Waals surface area contributed by atoms with Crippen molar-refractivity contribution in [1.82, 2.24) is 15.2 Å². The maximum atomic E-state index is 4.44. The molecule has 1 aliphatic rings. The lowest BCUT2D eigenvalue weighted by molar-refractivity contribution is 0.461. The van der Waals surface area contributed by atoms with E-state index in [9.17, 15) is 0 Å². The first kappa shape index (κ1) is 13.1. The first-order valence-corrected chi connectivity index (χ1v) is 7.08. The van der Waals surface area contributed by atoms with Gasteiger partial charge in [-0.25, -0.2) is 0 Å². The van der Waals surface area contributed by atoms with E-state index >= 15 is 0 Å². The van der Waals surface area contributed by atoms with Gasteiger partial charge in [-0.15, -0.1) is 5.10 Å². The molecule has 0 aliphatic heterocycles. The number of hydrogen-bond acceptors (Lipinski definition) is 5. The third-order valence-electron chi connectivity index (χ3n) is 3.33. The van der Waals surface area contributed by atoms with Crippen LogP contribution in [-0.4, -0.2) is 27.8 Å².